The van der Waals surface area contributed by atoms with Gasteiger partial charge < -0.3 is 4.74 Å². The molecule has 0 aliphatic carbocycles. The number of aryl methyl sites for hydroxylation is 1. The molecular weight excluding hydrogens is 288 g/mol. The third-order valence-electron chi connectivity index (χ3n) is 2.89. The van der Waals surface area contributed by atoms with Gasteiger partial charge in [-0.15, -0.1) is 0 Å². The zero-order valence-electron chi connectivity index (χ0n) is 12.5. The minimum Gasteiger partial charge on any atom is -0.444 e. The summed E-state index contributed by atoms with van der Waals surface area (Å²) in [6.45, 7) is 7.17. The van der Waals surface area contributed by atoms with Crippen molar-refractivity contribution in [1.29, 1.82) is 4.78 Å². The maximum absolute atomic E-state index is 12.3. The lowest BCUT2D eigenvalue weighted by Crippen LogP contribution is -2.37. The second-order valence-electron chi connectivity index (χ2n) is 4.51. The van der Waals surface area contributed by atoms with Gasteiger partial charge in [-0.2, -0.15) is 4.31 Å². The lowest BCUT2D eigenvalue weighted by Gasteiger charge is -2.23. The number of anilines is 1. The molecule has 21 heavy (non-hydrogen) atoms. The number of rotatable bonds is 7. The average molecular weight is 310 g/mol. The Morgan fingerprint density at radius 3 is 2.48 bits per heavy atom. The molecule has 0 bridgehead atoms. The quantitative estimate of drug-likeness (QED) is 0.780. The molecule has 0 spiro atoms. The number of hydrogen-bond acceptors (Lipinski definition) is 4. The van der Waals surface area contributed by atoms with Gasteiger partial charge in [0.25, 0.3) is 0 Å². The Morgan fingerprint density at radius 1 is 1.38 bits per heavy atom. The van der Waals surface area contributed by atoms with Gasteiger partial charge in [0.05, 0.1) is 5.69 Å². The zero-order chi connectivity index (χ0) is 15.9. The van der Waals surface area contributed by atoms with E-state index in [9.17, 15) is 9.00 Å². The maximum atomic E-state index is 12.3. The fourth-order valence-electron chi connectivity index (χ4n) is 1.80. The standard InChI is InChI=1S/C15H22N2O3S/c1-4-7-13-8-10-14(11-9-13)17(21(16,19)6-3)15(18)20-12-5-2/h5,8-11,16H,2,4,6-7,12H2,1,3H3. The van der Waals surface area contributed by atoms with E-state index in [1.165, 1.54) is 6.08 Å². The molecule has 1 rings (SSSR count). The van der Waals surface area contributed by atoms with E-state index in [0.717, 1.165) is 22.7 Å². The molecule has 0 saturated heterocycles. The zero-order valence-corrected chi connectivity index (χ0v) is 13.3. The number of benzene rings is 1. The monoisotopic (exact) mass is 310 g/mol. The molecule has 0 heterocycles. The molecule has 0 aliphatic heterocycles. The van der Waals surface area contributed by atoms with Gasteiger partial charge in [-0.05, 0) is 24.1 Å². The highest BCUT2D eigenvalue weighted by atomic mass is 32.2. The fourth-order valence-corrected chi connectivity index (χ4v) is 2.81. The Kier molecular flexibility index (Phi) is 6.42. The van der Waals surface area contributed by atoms with Crippen LogP contribution in [-0.2, 0) is 21.1 Å². The Morgan fingerprint density at radius 2 is 2.00 bits per heavy atom. The van der Waals surface area contributed by atoms with E-state index in [0.29, 0.717) is 5.69 Å². The highest BCUT2D eigenvalue weighted by Crippen LogP contribution is 2.21. The first-order valence-corrected chi connectivity index (χ1v) is 8.58. The van der Waals surface area contributed by atoms with Gasteiger partial charge in [0.2, 0.25) is 0 Å². The summed E-state index contributed by atoms with van der Waals surface area (Å²) in [5.74, 6) is 0.0346. The Bertz CT molecular complexity index is 579. The van der Waals surface area contributed by atoms with Crippen LogP contribution in [0.5, 0.6) is 0 Å². The topological polar surface area (TPSA) is 70.5 Å². The molecule has 0 fully saturated rings. The molecular formula is C15H22N2O3S. The number of hydrogen-bond donors (Lipinski definition) is 1. The van der Waals surface area contributed by atoms with Crippen LogP contribution in [0.1, 0.15) is 25.8 Å². The highest BCUT2D eigenvalue weighted by Gasteiger charge is 2.26. The lowest BCUT2D eigenvalue weighted by atomic mass is 10.1. The van der Waals surface area contributed by atoms with Gasteiger partial charge >= 0.3 is 6.09 Å². The van der Waals surface area contributed by atoms with Crippen LogP contribution in [0.3, 0.4) is 0 Å². The van der Waals surface area contributed by atoms with Gasteiger partial charge in [0.1, 0.15) is 16.5 Å². The maximum Gasteiger partial charge on any atom is 0.427 e. The molecule has 1 atom stereocenters. The first-order valence-electron chi connectivity index (χ1n) is 6.89. The van der Waals surface area contributed by atoms with Crippen molar-refractivity contribution in [2.24, 2.45) is 0 Å². The van der Waals surface area contributed by atoms with Crippen molar-refractivity contribution in [3.05, 3.63) is 42.5 Å². The van der Waals surface area contributed by atoms with Gasteiger partial charge in [0.15, 0.2) is 0 Å². The summed E-state index contributed by atoms with van der Waals surface area (Å²) in [6.07, 6.45) is 2.60. The van der Waals surface area contributed by atoms with E-state index in [-0.39, 0.29) is 12.4 Å². The largest absolute Gasteiger partial charge is 0.444 e. The van der Waals surface area contributed by atoms with Gasteiger partial charge in [-0.3, -0.25) is 0 Å². The number of nitrogens with one attached hydrogen (secondary N) is 1. The van der Waals surface area contributed by atoms with Gasteiger partial charge in [-0.25, -0.2) is 13.8 Å². The Hall–Kier alpha value is -1.82. The van der Waals surface area contributed by atoms with E-state index in [4.69, 9.17) is 9.52 Å². The number of nitrogens with zero attached hydrogens (tertiary/aromatic N) is 1. The van der Waals surface area contributed by atoms with Crippen LogP contribution in [-0.4, -0.2) is 22.7 Å². The second kappa shape index (κ2) is 7.83. The molecule has 6 heteroatoms. The first-order chi connectivity index (χ1) is 9.96. The van der Waals surface area contributed by atoms with Crippen molar-refractivity contribution in [2.75, 3.05) is 16.7 Å². The van der Waals surface area contributed by atoms with Crippen LogP contribution in [0.2, 0.25) is 0 Å². The van der Waals surface area contributed by atoms with Crippen LogP contribution < -0.4 is 4.31 Å². The second-order valence-corrected chi connectivity index (χ2v) is 6.73. The molecule has 0 aliphatic rings. The molecule has 1 aromatic rings. The van der Waals surface area contributed by atoms with Crippen LogP contribution in [0.4, 0.5) is 10.5 Å². The molecule has 116 valence electrons. The SMILES string of the molecule is C=CCOC(=O)N(c1ccc(CCC)cc1)S(=N)(=O)CC. The third kappa shape index (κ3) is 4.60. The van der Waals surface area contributed by atoms with Crippen LogP contribution in [0, 0.1) is 4.78 Å². The van der Waals surface area contributed by atoms with Gasteiger partial charge in [0, 0.05) is 5.75 Å². The number of ether oxygens (including phenoxy) is 1. The smallest absolute Gasteiger partial charge is 0.427 e. The van der Waals surface area contributed by atoms with E-state index >= 15 is 0 Å². The van der Waals surface area contributed by atoms with Crippen molar-refractivity contribution in [2.45, 2.75) is 26.7 Å². The third-order valence-corrected chi connectivity index (χ3v) is 4.62. The van der Waals surface area contributed by atoms with Crippen molar-refractivity contribution in [3.8, 4) is 0 Å². The summed E-state index contributed by atoms with van der Waals surface area (Å²) in [5.41, 5.74) is 1.54. The minimum atomic E-state index is -3.24. The van der Waals surface area contributed by atoms with E-state index in [2.05, 4.69) is 13.5 Å². The summed E-state index contributed by atoms with van der Waals surface area (Å²) >= 11 is 0. The number of carbonyl (C=O) groups excluding carboxylic acids is 1. The summed E-state index contributed by atoms with van der Waals surface area (Å²) in [7, 11) is -3.24. The van der Waals surface area contributed by atoms with Crippen LogP contribution in [0.25, 0.3) is 0 Å². The molecule has 1 N–H and O–H groups in total. The molecule has 5 nitrogen and oxygen atoms in total. The van der Waals surface area contributed by atoms with Crippen LogP contribution >= 0.6 is 0 Å². The molecule has 0 saturated carbocycles. The molecule has 0 radical (unpaired) electrons. The summed E-state index contributed by atoms with van der Waals surface area (Å²) in [4.78, 5) is 12.1. The van der Waals surface area contributed by atoms with E-state index in [1.807, 2.05) is 12.1 Å². The average Bonchev–Trinajstić information content (AvgIpc) is 2.47. The Balaban J connectivity index is 3.12. The van der Waals surface area contributed by atoms with E-state index < -0.39 is 16.0 Å². The van der Waals surface area contributed by atoms with Crippen molar-refractivity contribution >= 4 is 21.7 Å². The lowest BCUT2D eigenvalue weighted by molar-refractivity contribution is 0.170. The molecule has 1 aromatic carbocycles. The van der Waals surface area contributed by atoms with Crippen molar-refractivity contribution < 1.29 is 13.7 Å². The minimum absolute atomic E-state index is 0.0164. The normalized spacial score (nSPS) is 13.2. The fraction of sp³-hybridized carbons (Fsp3) is 0.400. The molecule has 1 unspecified atom stereocenters. The van der Waals surface area contributed by atoms with E-state index in [1.54, 1.807) is 19.1 Å². The Labute approximate surface area is 126 Å². The van der Waals surface area contributed by atoms with Gasteiger partial charge in [-0.1, -0.05) is 45.1 Å². The summed E-state index contributed by atoms with van der Waals surface area (Å²) < 4.78 is 26.1. The molecule has 1 amide bonds. The number of amides is 1. The number of carbonyl (C=O) groups is 1. The summed E-state index contributed by atoms with van der Waals surface area (Å²) in [5, 5.41) is 0. The summed E-state index contributed by atoms with van der Waals surface area (Å²) in [6, 6.07) is 7.14. The predicted octanol–water partition coefficient (Wildman–Crippen LogP) is 3.75. The molecule has 0 aromatic heterocycles. The predicted molar refractivity (Wildman–Crippen MR) is 85.9 cm³/mol. The van der Waals surface area contributed by atoms with Crippen molar-refractivity contribution in [1.82, 2.24) is 0 Å². The van der Waals surface area contributed by atoms with Crippen molar-refractivity contribution in [3.63, 3.8) is 0 Å². The highest BCUT2D eigenvalue weighted by molar-refractivity contribution is 7.94. The first kappa shape index (κ1) is 17.2. The van der Waals surface area contributed by atoms with Crippen LogP contribution in [0.15, 0.2) is 36.9 Å².